The summed E-state index contributed by atoms with van der Waals surface area (Å²) in [5.74, 6) is -1.51. The number of halogens is 1. The Hall–Kier alpha value is -2.78. The molecular weight excluding hydrogens is 409 g/mol. The minimum atomic E-state index is -3.67. The quantitative estimate of drug-likeness (QED) is 0.758. The van der Waals surface area contributed by atoms with Crippen molar-refractivity contribution in [2.24, 2.45) is 5.92 Å². The van der Waals surface area contributed by atoms with E-state index in [4.69, 9.17) is 0 Å². The number of benzene rings is 2. The first kappa shape index (κ1) is 21.9. The molecule has 1 aliphatic rings. The van der Waals surface area contributed by atoms with Gasteiger partial charge in [-0.25, -0.2) is 17.5 Å². The highest BCUT2D eigenvalue weighted by molar-refractivity contribution is 7.89. The minimum absolute atomic E-state index is 0.0468. The van der Waals surface area contributed by atoms with E-state index in [0.717, 1.165) is 0 Å². The number of nitrogens with zero attached hydrogens (tertiary/aromatic N) is 1. The van der Waals surface area contributed by atoms with E-state index in [1.165, 1.54) is 53.4 Å². The Morgan fingerprint density at radius 1 is 1.07 bits per heavy atom. The molecule has 0 spiro atoms. The third-order valence-electron chi connectivity index (χ3n) is 4.51. The van der Waals surface area contributed by atoms with Crippen LogP contribution >= 0.6 is 0 Å². The van der Waals surface area contributed by atoms with E-state index < -0.39 is 27.3 Å². The van der Waals surface area contributed by atoms with E-state index in [9.17, 15) is 22.4 Å². The maximum atomic E-state index is 13.1. The molecule has 7 nitrogen and oxygen atoms in total. The summed E-state index contributed by atoms with van der Waals surface area (Å²) in [7, 11) is -3.67. The molecule has 2 aromatic rings. The van der Waals surface area contributed by atoms with Crippen LogP contribution in [0.1, 0.15) is 27.2 Å². The lowest BCUT2D eigenvalue weighted by Crippen LogP contribution is -2.40. The summed E-state index contributed by atoms with van der Waals surface area (Å²) in [6.07, 6.45) is 0.0468. The Labute approximate surface area is 175 Å². The Kier molecular flexibility index (Phi) is 5.96. The second-order valence-electron chi connectivity index (χ2n) is 8.25. The van der Waals surface area contributed by atoms with Crippen molar-refractivity contribution in [2.75, 3.05) is 16.8 Å². The van der Waals surface area contributed by atoms with Gasteiger partial charge in [-0.1, -0.05) is 0 Å². The molecule has 0 radical (unpaired) electrons. The van der Waals surface area contributed by atoms with Gasteiger partial charge in [0.25, 0.3) is 0 Å². The molecule has 2 aromatic carbocycles. The number of carbonyl (C=O) groups is 2. The Bertz CT molecular complexity index is 1050. The average molecular weight is 434 g/mol. The van der Waals surface area contributed by atoms with Gasteiger partial charge in [0.1, 0.15) is 5.82 Å². The number of rotatable bonds is 5. The fourth-order valence-electron chi connectivity index (χ4n) is 3.18. The van der Waals surface area contributed by atoms with Gasteiger partial charge in [-0.3, -0.25) is 9.59 Å². The Morgan fingerprint density at radius 3 is 2.23 bits per heavy atom. The lowest BCUT2D eigenvalue weighted by molar-refractivity contribution is -0.122. The van der Waals surface area contributed by atoms with Crippen molar-refractivity contribution in [1.82, 2.24) is 4.72 Å². The average Bonchev–Trinajstić information content (AvgIpc) is 3.03. The molecule has 0 bridgehead atoms. The zero-order valence-electron chi connectivity index (χ0n) is 17.0. The van der Waals surface area contributed by atoms with E-state index >= 15 is 0 Å². The zero-order chi connectivity index (χ0) is 22.1. The monoisotopic (exact) mass is 433 g/mol. The van der Waals surface area contributed by atoms with Crippen LogP contribution in [0.25, 0.3) is 0 Å². The molecule has 160 valence electrons. The molecule has 0 aliphatic carbocycles. The number of hydrogen-bond acceptors (Lipinski definition) is 4. The molecule has 2 N–H and O–H groups in total. The van der Waals surface area contributed by atoms with Gasteiger partial charge in [0.2, 0.25) is 21.8 Å². The van der Waals surface area contributed by atoms with Gasteiger partial charge in [-0.15, -0.1) is 0 Å². The molecule has 9 heteroatoms. The first-order valence-electron chi connectivity index (χ1n) is 9.45. The predicted octanol–water partition coefficient (Wildman–Crippen LogP) is 2.89. The first-order valence-corrected chi connectivity index (χ1v) is 10.9. The van der Waals surface area contributed by atoms with Gasteiger partial charge in [0, 0.05) is 29.9 Å². The molecule has 1 aliphatic heterocycles. The molecule has 1 fully saturated rings. The molecular formula is C21H24FN3O4S. The highest BCUT2D eigenvalue weighted by atomic mass is 32.2. The van der Waals surface area contributed by atoms with E-state index in [2.05, 4.69) is 10.0 Å². The summed E-state index contributed by atoms with van der Waals surface area (Å²) < 4.78 is 40.4. The number of carbonyl (C=O) groups excluding carboxylic acids is 2. The number of nitrogens with one attached hydrogen (secondary N) is 2. The van der Waals surface area contributed by atoms with Crippen molar-refractivity contribution < 1.29 is 22.4 Å². The van der Waals surface area contributed by atoms with E-state index in [1.807, 2.05) is 0 Å². The Balaban J connectivity index is 1.65. The van der Waals surface area contributed by atoms with Crippen molar-refractivity contribution in [3.05, 3.63) is 54.3 Å². The Morgan fingerprint density at radius 2 is 1.67 bits per heavy atom. The van der Waals surface area contributed by atoms with Crippen molar-refractivity contribution in [3.63, 3.8) is 0 Å². The molecule has 0 aromatic heterocycles. The molecule has 1 atom stereocenters. The van der Waals surface area contributed by atoms with Gasteiger partial charge in [0.15, 0.2) is 0 Å². The summed E-state index contributed by atoms with van der Waals surface area (Å²) >= 11 is 0. The van der Waals surface area contributed by atoms with Crippen LogP contribution < -0.4 is 14.9 Å². The first-order chi connectivity index (χ1) is 13.9. The summed E-state index contributed by atoms with van der Waals surface area (Å²) in [4.78, 5) is 26.4. The topological polar surface area (TPSA) is 95.6 Å². The van der Waals surface area contributed by atoms with Gasteiger partial charge < -0.3 is 10.2 Å². The maximum absolute atomic E-state index is 13.1. The van der Waals surface area contributed by atoms with Crippen LogP contribution in [0.4, 0.5) is 15.8 Å². The number of hydrogen-bond donors (Lipinski definition) is 2. The van der Waals surface area contributed by atoms with Gasteiger partial charge >= 0.3 is 0 Å². The number of amides is 2. The summed E-state index contributed by atoms with van der Waals surface area (Å²) in [6.45, 7) is 5.43. The van der Waals surface area contributed by atoms with E-state index in [-0.39, 0.29) is 29.7 Å². The fraction of sp³-hybridized carbons (Fsp3) is 0.333. The zero-order valence-corrected chi connectivity index (χ0v) is 17.8. The molecule has 1 heterocycles. The third-order valence-corrected chi connectivity index (χ3v) is 6.28. The molecule has 3 rings (SSSR count). The second kappa shape index (κ2) is 8.16. The van der Waals surface area contributed by atoms with Crippen molar-refractivity contribution in [1.29, 1.82) is 0 Å². The van der Waals surface area contributed by atoms with Crippen molar-refractivity contribution in [2.45, 2.75) is 37.6 Å². The highest BCUT2D eigenvalue weighted by Crippen LogP contribution is 2.26. The standard InChI is InChI=1S/C21H24FN3O4S/c1-21(2,3)24-30(28,29)18-10-6-16(7-11-18)23-20(27)14-12-19(26)25(13-14)17-8-4-15(22)5-9-17/h4-11,14,24H,12-13H2,1-3H3,(H,23,27)/t14-/m1/s1. The molecule has 2 amide bonds. The summed E-state index contributed by atoms with van der Waals surface area (Å²) in [5.41, 5.74) is 0.358. The van der Waals surface area contributed by atoms with Crippen molar-refractivity contribution >= 4 is 33.2 Å². The maximum Gasteiger partial charge on any atom is 0.241 e. The van der Waals surface area contributed by atoms with Crippen molar-refractivity contribution in [3.8, 4) is 0 Å². The predicted molar refractivity (Wildman–Crippen MR) is 112 cm³/mol. The smallest absolute Gasteiger partial charge is 0.241 e. The summed E-state index contributed by atoms with van der Waals surface area (Å²) in [6, 6.07) is 11.4. The van der Waals surface area contributed by atoms with Crippen LogP contribution in [0.5, 0.6) is 0 Å². The van der Waals surface area contributed by atoms with Gasteiger partial charge in [0.05, 0.1) is 10.8 Å². The van der Waals surface area contributed by atoms with E-state index in [1.54, 1.807) is 20.8 Å². The molecule has 0 unspecified atom stereocenters. The van der Waals surface area contributed by atoms with E-state index in [0.29, 0.717) is 11.4 Å². The molecule has 30 heavy (non-hydrogen) atoms. The lowest BCUT2D eigenvalue weighted by atomic mass is 10.1. The fourth-order valence-corrected chi connectivity index (χ4v) is 4.60. The largest absolute Gasteiger partial charge is 0.326 e. The van der Waals surface area contributed by atoms with Gasteiger partial charge in [-0.2, -0.15) is 0 Å². The third kappa shape index (κ3) is 5.22. The normalized spacial score (nSPS) is 17.3. The van der Waals surface area contributed by atoms with Crippen LogP contribution in [0.3, 0.4) is 0 Å². The van der Waals surface area contributed by atoms with Gasteiger partial charge in [-0.05, 0) is 69.3 Å². The van der Waals surface area contributed by atoms with Crippen LogP contribution in [0, 0.1) is 11.7 Å². The minimum Gasteiger partial charge on any atom is -0.326 e. The van der Waals surface area contributed by atoms with Crippen LogP contribution in [0.2, 0.25) is 0 Å². The van der Waals surface area contributed by atoms with Crippen LogP contribution in [-0.4, -0.2) is 32.3 Å². The molecule has 1 saturated heterocycles. The molecule has 0 saturated carbocycles. The lowest BCUT2D eigenvalue weighted by Gasteiger charge is -2.20. The number of sulfonamides is 1. The van der Waals surface area contributed by atoms with Crippen LogP contribution in [-0.2, 0) is 19.6 Å². The second-order valence-corrected chi connectivity index (χ2v) is 9.93. The summed E-state index contributed by atoms with van der Waals surface area (Å²) in [5, 5.41) is 2.72. The SMILES string of the molecule is CC(C)(C)NS(=O)(=O)c1ccc(NC(=O)[C@@H]2CC(=O)N(c3ccc(F)cc3)C2)cc1. The highest BCUT2D eigenvalue weighted by Gasteiger charge is 2.35. The van der Waals surface area contributed by atoms with Crippen LogP contribution in [0.15, 0.2) is 53.4 Å². The number of anilines is 2.